The van der Waals surface area contributed by atoms with Gasteiger partial charge in [0.25, 0.3) is 5.91 Å². The van der Waals surface area contributed by atoms with Crippen LogP contribution in [-0.4, -0.2) is 35.9 Å². The summed E-state index contributed by atoms with van der Waals surface area (Å²) in [4.78, 5) is 22.7. The third-order valence-electron chi connectivity index (χ3n) is 5.71. The van der Waals surface area contributed by atoms with Crippen LogP contribution in [0.5, 0.6) is 0 Å². The molecule has 2 aromatic carbocycles. The van der Waals surface area contributed by atoms with E-state index in [-0.39, 0.29) is 12.1 Å². The molecule has 3 unspecified atom stereocenters. The zero-order valence-corrected chi connectivity index (χ0v) is 18.7. The van der Waals surface area contributed by atoms with Gasteiger partial charge in [-0.1, -0.05) is 50.2 Å². The number of anilines is 1. The Hall–Kier alpha value is -2.70. The number of amides is 1. The van der Waals surface area contributed by atoms with Gasteiger partial charge in [-0.25, -0.2) is 0 Å². The number of aryl methyl sites for hydroxylation is 1. The van der Waals surface area contributed by atoms with E-state index in [2.05, 4.69) is 24.5 Å². The molecule has 0 aliphatic carbocycles. The third-order valence-corrected chi connectivity index (χ3v) is 5.71. The van der Waals surface area contributed by atoms with Gasteiger partial charge in [0.1, 0.15) is 6.29 Å². The fraction of sp³-hybridized carbons (Fsp3) is 0.440. The highest BCUT2D eigenvalue weighted by molar-refractivity contribution is 5.99. The summed E-state index contributed by atoms with van der Waals surface area (Å²) < 4.78 is 0. The Morgan fingerprint density at radius 2 is 1.84 bits per heavy atom. The van der Waals surface area contributed by atoms with Crippen LogP contribution in [0, 0.1) is 0 Å². The van der Waals surface area contributed by atoms with Gasteiger partial charge in [0.05, 0.1) is 17.4 Å². The number of aliphatic hydroxyl groups is 1. The van der Waals surface area contributed by atoms with Crippen LogP contribution in [0.1, 0.15) is 78.0 Å². The lowest BCUT2D eigenvalue weighted by Gasteiger charge is -2.24. The van der Waals surface area contributed by atoms with Gasteiger partial charge < -0.3 is 21.5 Å². The highest BCUT2D eigenvalue weighted by Crippen LogP contribution is 2.28. The molecule has 6 nitrogen and oxygen atoms in total. The predicted molar refractivity (Wildman–Crippen MR) is 126 cm³/mol. The van der Waals surface area contributed by atoms with Crippen molar-refractivity contribution in [2.45, 2.75) is 64.6 Å². The van der Waals surface area contributed by atoms with Crippen LogP contribution in [0.15, 0.2) is 42.5 Å². The molecule has 2 rings (SSSR count). The average Bonchev–Trinajstić information content (AvgIpc) is 2.79. The molecular weight excluding hydrogens is 390 g/mol. The lowest BCUT2D eigenvalue weighted by molar-refractivity contribution is 0.1000. The second kappa shape index (κ2) is 12.2. The molecule has 0 spiro atoms. The first kappa shape index (κ1) is 24.6. The van der Waals surface area contributed by atoms with Crippen molar-refractivity contribution in [3.63, 3.8) is 0 Å². The summed E-state index contributed by atoms with van der Waals surface area (Å²) in [6.07, 6.45) is 3.69. The fourth-order valence-electron chi connectivity index (χ4n) is 3.51. The number of primary amides is 1. The Morgan fingerprint density at radius 1 is 1.13 bits per heavy atom. The predicted octanol–water partition coefficient (Wildman–Crippen LogP) is 3.84. The van der Waals surface area contributed by atoms with E-state index >= 15 is 0 Å². The van der Waals surface area contributed by atoms with E-state index in [1.807, 2.05) is 37.3 Å². The first-order chi connectivity index (χ1) is 14.9. The van der Waals surface area contributed by atoms with Gasteiger partial charge in [0, 0.05) is 29.8 Å². The Labute approximate surface area is 185 Å². The van der Waals surface area contributed by atoms with Crippen molar-refractivity contribution >= 4 is 17.9 Å². The van der Waals surface area contributed by atoms with Gasteiger partial charge in [0.15, 0.2) is 0 Å². The number of hydrogen-bond acceptors (Lipinski definition) is 5. The molecule has 6 heteroatoms. The lowest BCUT2D eigenvalue weighted by atomic mass is 9.99. The van der Waals surface area contributed by atoms with Crippen LogP contribution >= 0.6 is 0 Å². The number of rotatable bonds is 13. The van der Waals surface area contributed by atoms with Gasteiger partial charge in [-0.2, -0.15) is 0 Å². The molecule has 5 N–H and O–H groups in total. The second-order valence-electron chi connectivity index (χ2n) is 8.02. The van der Waals surface area contributed by atoms with Crippen molar-refractivity contribution in [1.29, 1.82) is 0 Å². The molecule has 0 aromatic heterocycles. The van der Waals surface area contributed by atoms with Crippen molar-refractivity contribution in [2.75, 3.05) is 11.9 Å². The summed E-state index contributed by atoms with van der Waals surface area (Å²) in [6, 6.07) is 13.3. The summed E-state index contributed by atoms with van der Waals surface area (Å²) in [7, 11) is 0. The quantitative estimate of drug-likeness (QED) is 0.365. The normalized spacial score (nSPS) is 13.9. The van der Waals surface area contributed by atoms with Gasteiger partial charge >= 0.3 is 0 Å². The first-order valence-corrected chi connectivity index (χ1v) is 11.0. The van der Waals surface area contributed by atoms with Gasteiger partial charge in [-0.05, 0) is 44.2 Å². The topological polar surface area (TPSA) is 104 Å². The molecule has 0 aliphatic rings. The van der Waals surface area contributed by atoms with E-state index in [1.165, 1.54) is 5.56 Å². The van der Waals surface area contributed by atoms with Crippen molar-refractivity contribution in [3.05, 3.63) is 64.7 Å². The van der Waals surface area contributed by atoms with Gasteiger partial charge in [-0.15, -0.1) is 0 Å². The molecule has 0 aliphatic heterocycles. The number of carbonyl (C=O) groups is 2. The monoisotopic (exact) mass is 425 g/mol. The molecule has 1 amide bonds. The minimum atomic E-state index is -0.771. The zero-order chi connectivity index (χ0) is 22.8. The van der Waals surface area contributed by atoms with Gasteiger partial charge in [0.2, 0.25) is 0 Å². The number of para-hydroxylation sites is 1. The Morgan fingerprint density at radius 3 is 2.42 bits per heavy atom. The smallest absolute Gasteiger partial charge is 0.250 e. The minimum absolute atomic E-state index is 0.147. The molecular formula is C25H35N3O3. The summed E-state index contributed by atoms with van der Waals surface area (Å²) in [6.45, 7) is 6.57. The molecule has 0 bridgehead atoms. The summed E-state index contributed by atoms with van der Waals surface area (Å²) >= 11 is 0. The summed E-state index contributed by atoms with van der Waals surface area (Å²) in [5.74, 6) is -0.514. The fourth-order valence-corrected chi connectivity index (χ4v) is 3.51. The maximum absolute atomic E-state index is 11.9. The van der Waals surface area contributed by atoms with E-state index < -0.39 is 12.0 Å². The molecule has 0 saturated heterocycles. The molecule has 0 saturated carbocycles. The van der Waals surface area contributed by atoms with Crippen LogP contribution < -0.4 is 16.4 Å². The van der Waals surface area contributed by atoms with Crippen molar-refractivity contribution in [1.82, 2.24) is 5.32 Å². The highest BCUT2D eigenvalue weighted by Gasteiger charge is 2.20. The van der Waals surface area contributed by atoms with Crippen LogP contribution in [0.2, 0.25) is 0 Å². The molecule has 0 heterocycles. The number of aliphatic hydroxyl groups excluding tert-OH is 1. The van der Waals surface area contributed by atoms with E-state index in [1.54, 1.807) is 12.1 Å². The minimum Gasteiger partial charge on any atom is -0.387 e. The standard InChI is InChI=1S/C25H35N3O3/c1-4-17(3)28-24-21(7-6-8-22(24)25(26)31)23(30)15-27-20(5-2)14-13-18-9-11-19(16-29)12-10-18/h6-12,16-17,20,23,27-28,30H,4-5,13-15H2,1-3H3,(H2,26,31). The highest BCUT2D eigenvalue weighted by atomic mass is 16.3. The van der Waals surface area contributed by atoms with E-state index in [4.69, 9.17) is 5.73 Å². The van der Waals surface area contributed by atoms with Gasteiger partial charge in [-0.3, -0.25) is 9.59 Å². The zero-order valence-electron chi connectivity index (χ0n) is 18.7. The Bertz CT molecular complexity index is 852. The number of carbonyl (C=O) groups excluding carboxylic acids is 2. The van der Waals surface area contributed by atoms with E-state index in [9.17, 15) is 14.7 Å². The molecule has 3 atom stereocenters. The van der Waals surface area contributed by atoms with Crippen molar-refractivity contribution < 1.29 is 14.7 Å². The second-order valence-corrected chi connectivity index (χ2v) is 8.02. The van der Waals surface area contributed by atoms with Crippen LogP contribution in [-0.2, 0) is 6.42 Å². The largest absolute Gasteiger partial charge is 0.387 e. The maximum atomic E-state index is 11.9. The molecule has 168 valence electrons. The van der Waals surface area contributed by atoms with Crippen LogP contribution in [0.3, 0.4) is 0 Å². The molecule has 0 fully saturated rings. The number of hydrogen-bond donors (Lipinski definition) is 4. The summed E-state index contributed by atoms with van der Waals surface area (Å²) in [5.41, 5.74) is 9.10. The van der Waals surface area contributed by atoms with Crippen LogP contribution in [0.4, 0.5) is 5.69 Å². The third kappa shape index (κ3) is 7.19. The molecule has 0 radical (unpaired) electrons. The number of nitrogens with one attached hydrogen (secondary N) is 2. The van der Waals surface area contributed by atoms with Crippen molar-refractivity contribution in [3.8, 4) is 0 Å². The molecule has 31 heavy (non-hydrogen) atoms. The average molecular weight is 426 g/mol. The number of nitrogens with two attached hydrogens (primary N) is 1. The van der Waals surface area contributed by atoms with E-state index in [0.717, 1.165) is 32.0 Å². The van der Waals surface area contributed by atoms with Crippen molar-refractivity contribution in [2.24, 2.45) is 5.73 Å². The van der Waals surface area contributed by atoms with Crippen LogP contribution in [0.25, 0.3) is 0 Å². The van der Waals surface area contributed by atoms with E-state index in [0.29, 0.717) is 28.9 Å². The summed E-state index contributed by atoms with van der Waals surface area (Å²) in [5, 5.41) is 17.7. The Kier molecular flexibility index (Phi) is 9.69. The SMILES string of the molecule is CCC(C)Nc1c(C(N)=O)cccc1C(O)CNC(CC)CCc1ccc(C=O)cc1. The lowest BCUT2D eigenvalue weighted by Crippen LogP contribution is -2.33. The number of aldehydes is 1. The Balaban J connectivity index is 2.03. The molecule has 2 aromatic rings. The maximum Gasteiger partial charge on any atom is 0.250 e. The number of benzene rings is 2. The first-order valence-electron chi connectivity index (χ1n) is 11.0.